The average Bonchev–Trinajstić information content (AvgIpc) is 3.38. The first-order valence-corrected chi connectivity index (χ1v) is 12.7. The number of halogens is 1. The lowest BCUT2D eigenvalue weighted by molar-refractivity contribution is -0.113. The third-order valence-corrected chi connectivity index (χ3v) is 7.79. The first-order valence-electron chi connectivity index (χ1n) is 10.5. The van der Waals surface area contributed by atoms with Gasteiger partial charge in [0.25, 0.3) is 0 Å². The van der Waals surface area contributed by atoms with Crippen LogP contribution in [0.25, 0.3) is 11.4 Å². The van der Waals surface area contributed by atoms with Crippen molar-refractivity contribution in [1.29, 1.82) is 0 Å². The van der Waals surface area contributed by atoms with E-state index in [1.165, 1.54) is 30.2 Å². The summed E-state index contributed by atoms with van der Waals surface area (Å²) >= 11 is 9.07. The van der Waals surface area contributed by atoms with E-state index in [0.29, 0.717) is 33.1 Å². The van der Waals surface area contributed by atoms with Crippen LogP contribution in [0.1, 0.15) is 33.6 Å². The molecule has 1 aliphatic rings. The minimum Gasteiger partial charge on any atom is -0.465 e. The largest absolute Gasteiger partial charge is 0.465 e. The third-order valence-electron chi connectivity index (χ3n) is 5.29. The number of nitrogens with zero attached hydrogens (tertiary/aromatic N) is 3. The van der Waals surface area contributed by atoms with Crippen LogP contribution in [-0.4, -0.2) is 39.5 Å². The fourth-order valence-electron chi connectivity index (χ4n) is 3.80. The fraction of sp³-hybridized carbons (Fsp3) is 0.304. The number of rotatable bonds is 8. The summed E-state index contributed by atoms with van der Waals surface area (Å²) in [5.41, 5.74) is 2.26. The lowest BCUT2D eigenvalue weighted by Gasteiger charge is -2.11. The van der Waals surface area contributed by atoms with E-state index in [0.717, 1.165) is 41.7 Å². The molecule has 2 heterocycles. The molecule has 1 aliphatic carbocycles. The number of esters is 1. The molecule has 0 saturated heterocycles. The molecule has 0 atom stereocenters. The molecular formula is C23H23ClN4O3S2. The molecule has 0 aliphatic heterocycles. The Hall–Kier alpha value is -2.62. The van der Waals surface area contributed by atoms with Crippen LogP contribution in [0.4, 0.5) is 5.00 Å². The number of thioether (sulfide) groups is 1. The number of allylic oxidation sites excluding steroid dienone is 1. The molecule has 1 amide bonds. The van der Waals surface area contributed by atoms with E-state index >= 15 is 0 Å². The molecule has 7 nitrogen and oxygen atoms in total. The highest BCUT2D eigenvalue weighted by molar-refractivity contribution is 7.99. The Bertz CT molecular complexity index is 1200. The topological polar surface area (TPSA) is 86.1 Å². The number of aryl methyl sites for hydroxylation is 1. The van der Waals surface area contributed by atoms with Gasteiger partial charge in [0, 0.05) is 17.0 Å². The number of amides is 1. The Balaban J connectivity index is 1.51. The highest BCUT2D eigenvalue weighted by atomic mass is 35.5. The monoisotopic (exact) mass is 502 g/mol. The van der Waals surface area contributed by atoms with Gasteiger partial charge in [-0.3, -0.25) is 9.36 Å². The highest BCUT2D eigenvalue weighted by Crippen LogP contribution is 2.38. The molecule has 172 valence electrons. The number of methoxy groups -OCH3 is 1. The van der Waals surface area contributed by atoms with E-state index in [2.05, 4.69) is 22.1 Å². The number of anilines is 1. The van der Waals surface area contributed by atoms with Crippen molar-refractivity contribution in [2.75, 3.05) is 18.2 Å². The zero-order valence-electron chi connectivity index (χ0n) is 18.1. The SMILES string of the molecule is C=CCn1c(SCC(=O)Nc2sc3c(c2C(=O)OC)CCCC3)nnc1-c1ccccc1Cl. The molecule has 0 fully saturated rings. The van der Waals surface area contributed by atoms with E-state index in [9.17, 15) is 9.59 Å². The molecule has 3 aromatic rings. The summed E-state index contributed by atoms with van der Waals surface area (Å²) < 4.78 is 6.85. The molecule has 0 bridgehead atoms. The minimum atomic E-state index is -0.410. The van der Waals surface area contributed by atoms with Crippen molar-refractivity contribution in [2.45, 2.75) is 37.4 Å². The third kappa shape index (κ3) is 5.00. The summed E-state index contributed by atoms with van der Waals surface area (Å²) in [5.74, 6) is 0.0898. The standard InChI is InChI=1S/C23H23ClN4O3S2/c1-3-12-28-20(14-8-4-6-10-16(14)24)26-27-23(28)32-13-18(29)25-21-19(22(30)31-2)15-9-5-7-11-17(15)33-21/h3-4,6,8,10H,1,5,7,9,11-13H2,2H3,(H,25,29). The van der Waals surface area contributed by atoms with Crippen LogP contribution in [-0.2, 0) is 28.9 Å². The van der Waals surface area contributed by atoms with Gasteiger partial charge < -0.3 is 10.1 Å². The number of benzene rings is 1. The number of hydrogen-bond donors (Lipinski definition) is 1. The molecule has 0 spiro atoms. The van der Waals surface area contributed by atoms with Crippen molar-refractivity contribution < 1.29 is 14.3 Å². The van der Waals surface area contributed by atoms with Crippen LogP contribution in [0, 0.1) is 0 Å². The van der Waals surface area contributed by atoms with Crippen LogP contribution in [0.5, 0.6) is 0 Å². The molecule has 33 heavy (non-hydrogen) atoms. The molecule has 0 radical (unpaired) electrons. The lowest BCUT2D eigenvalue weighted by atomic mass is 9.95. The van der Waals surface area contributed by atoms with Crippen LogP contribution >= 0.6 is 34.7 Å². The first kappa shape index (κ1) is 23.5. The number of fused-ring (bicyclic) bond motifs is 1. The lowest BCUT2D eigenvalue weighted by Crippen LogP contribution is -2.17. The van der Waals surface area contributed by atoms with E-state index in [4.69, 9.17) is 16.3 Å². The van der Waals surface area contributed by atoms with Gasteiger partial charge in [0.15, 0.2) is 11.0 Å². The van der Waals surface area contributed by atoms with Crippen molar-refractivity contribution in [3.05, 3.63) is 57.9 Å². The van der Waals surface area contributed by atoms with Gasteiger partial charge in [-0.1, -0.05) is 41.6 Å². The molecular weight excluding hydrogens is 480 g/mol. The predicted molar refractivity (Wildman–Crippen MR) is 132 cm³/mol. The Morgan fingerprint density at radius 2 is 2.09 bits per heavy atom. The Kier molecular flexibility index (Phi) is 7.52. The zero-order valence-corrected chi connectivity index (χ0v) is 20.5. The number of aromatic nitrogens is 3. The van der Waals surface area contributed by atoms with Gasteiger partial charge in [-0.2, -0.15) is 0 Å². The molecule has 2 aromatic heterocycles. The van der Waals surface area contributed by atoms with Gasteiger partial charge in [-0.05, 0) is 43.4 Å². The van der Waals surface area contributed by atoms with Gasteiger partial charge >= 0.3 is 5.97 Å². The summed E-state index contributed by atoms with van der Waals surface area (Å²) in [6, 6.07) is 7.41. The fourth-order valence-corrected chi connectivity index (χ4v) is 6.06. The maximum absolute atomic E-state index is 12.8. The molecule has 1 aromatic carbocycles. The van der Waals surface area contributed by atoms with E-state index in [1.807, 2.05) is 22.8 Å². The zero-order chi connectivity index (χ0) is 23.4. The van der Waals surface area contributed by atoms with Crippen molar-refractivity contribution in [3.8, 4) is 11.4 Å². The number of thiophene rings is 1. The Morgan fingerprint density at radius 3 is 2.85 bits per heavy atom. The molecule has 4 rings (SSSR count). The van der Waals surface area contributed by atoms with Crippen molar-refractivity contribution in [1.82, 2.24) is 14.8 Å². The van der Waals surface area contributed by atoms with Crippen LogP contribution < -0.4 is 5.32 Å². The normalized spacial score (nSPS) is 12.8. The van der Waals surface area contributed by atoms with Gasteiger partial charge in [0.05, 0.1) is 23.4 Å². The Labute approximate surface area is 205 Å². The van der Waals surface area contributed by atoms with Crippen molar-refractivity contribution >= 4 is 51.6 Å². The van der Waals surface area contributed by atoms with Crippen LogP contribution in [0.2, 0.25) is 5.02 Å². The number of carbonyl (C=O) groups excluding carboxylic acids is 2. The van der Waals surface area contributed by atoms with Gasteiger partial charge in [-0.25, -0.2) is 4.79 Å². The quantitative estimate of drug-likeness (QED) is 0.257. The second-order valence-corrected chi connectivity index (χ2v) is 9.88. The number of carbonyl (C=O) groups is 2. The summed E-state index contributed by atoms with van der Waals surface area (Å²) in [5, 5.41) is 13.2. The van der Waals surface area contributed by atoms with E-state index in [1.54, 1.807) is 12.1 Å². The van der Waals surface area contributed by atoms with Crippen LogP contribution in [0.15, 0.2) is 42.1 Å². The van der Waals surface area contributed by atoms with E-state index < -0.39 is 5.97 Å². The van der Waals surface area contributed by atoms with Gasteiger partial charge in [0.2, 0.25) is 5.91 Å². The maximum atomic E-state index is 12.8. The van der Waals surface area contributed by atoms with E-state index in [-0.39, 0.29) is 11.7 Å². The molecule has 1 N–H and O–H groups in total. The maximum Gasteiger partial charge on any atom is 0.341 e. The number of nitrogens with one attached hydrogen (secondary N) is 1. The molecule has 0 saturated carbocycles. The predicted octanol–water partition coefficient (Wildman–Crippen LogP) is 5.24. The minimum absolute atomic E-state index is 0.112. The van der Waals surface area contributed by atoms with Gasteiger partial charge in [0.1, 0.15) is 5.00 Å². The van der Waals surface area contributed by atoms with Gasteiger partial charge in [-0.15, -0.1) is 28.1 Å². The summed E-state index contributed by atoms with van der Waals surface area (Å²) in [4.78, 5) is 26.3. The first-order chi connectivity index (χ1) is 16.0. The Morgan fingerprint density at radius 1 is 1.30 bits per heavy atom. The second kappa shape index (κ2) is 10.5. The molecule has 0 unspecified atom stereocenters. The highest BCUT2D eigenvalue weighted by Gasteiger charge is 2.27. The summed E-state index contributed by atoms with van der Waals surface area (Å²) in [6.07, 6.45) is 5.61. The molecule has 10 heteroatoms. The summed E-state index contributed by atoms with van der Waals surface area (Å²) in [7, 11) is 1.36. The average molecular weight is 503 g/mol. The number of ether oxygens (including phenoxy) is 1. The smallest absolute Gasteiger partial charge is 0.341 e. The summed E-state index contributed by atoms with van der Waals surface area (Å²) in [6.45, 7) is 4.28. The van der Waals surface area contributed by atoms with Crippen molar-refractivity contribution in [3.63, 3.8) is 0 Å². The van der Waals surface area contributed by atoms with Crippen LogP contribution in [0.3, 0.4) is 0 Å². The van der Waals surface area contributed by atoms with Crippen molar-refractivity contribution in [2.24, 2.45) is 0 Å². The second-order valence-electron chi connectivity index (χ2n) is 7.43. The number of hydrogen-bond acceptors (Lipinski definition) is 7.